The summed E-state index contributed by atoms with van der Waals surface area (Å²) in [6, 6.07) is 0. The normalized spacial score (nSPS) is 24.0. The van der Waals surface area contributed by atoms with Gasteiger partial charge in [-0.1, -0.05) is 0 Å². The summed E-state index contributed by atoms with van der Waals surface area (Å²) < 4.78 is 5.83. The second-order valence-electron chi connectivity index (χ2n) is 4.14. The van der Waals surface area contributed by atoms with Crippen LogP contribution in [0.5, 0.6) is 0 Å². The van der Waals surface area contributed by atoms with Crippen molar-refractivity contribution in [1.29, 1.82) is 0 Å². The van der Waals surface area contributed by atoms with Crippen molar-refractivity contribution in [2.24, 2.45) is 0 Å². The van der Waals surface area contributed by atoms with Gasteiger partial charge in [0.05, 0.1) is 11.9 Å². The van der Waals surface area contributed by atoms with Gasteiger partial charge in [0, 0.05) is 12.8 Å². The number of ether oxygens (including phenoxy) is 1. The number of rotatable bonds is 3. The van der Waals surface area contributed by atoms with E-state index in [0.717, 1.165) is 49.2 Å². The van der Waals surface area contributed by atoms with Gasteiger partial charge in [-0.25, -0.2) is 0 Å². The molecule has 0 amide bonds. The van der Waals surface area contributed by atoms with Crippen LogP contribution in [0.3, 0.4) is 0 Å². The Bertz CT molecular complexity index is 274. The van der Waals surface area contributed by atoms with E-state index in [4.69, 9.17) is 4.74 Å². The molecule has 0 spiro atoms. The second-order valence-corrected chi connectivity index (χ2v) is 4.14. The minimum absolute atomic E-state index is 0.338. The lowest BCUT2D eigenvalue weighted by Gasteiger charge is -2.12. The molecule has 0 fully saturated rings. The standard InChI is InChI=1S/C12H18O2/c1-9(13)11-7-4-8-12(11)14-10-5-2-3-6-10/h5,9,13H,2-4,6-8H2,1H3. The monoisotopic (exact) mass is 194 g/mol. The van der Waals surface area contributed by atoms with Gasteiger partial charge in [-0.15, -0.1) is 0 Å². The fourth-order valence-corrected chi connectivity index (χ4v) is 2.19. The third-order valence-corrected chi connectivity index (χ3v) is 2.97. The highest BCUT2D eigenvalue weighted by Crippen LogP contribution is 2.32. The molecule has 0 aromatic heterocycles. The third kappa shape index (κ3) is 2.01. The fraction of sp³-hybridized carbons (Fsp3) is 0.667. The summed E-state index contributed by atoms with van der Waals surface area (Å²) in [4.78, 5) is 0. The van der Waals surface area contributed by atoms with Crippen LogP contribution in [0.1, 0.15) is 45.4 Å². The lowest BCUT2D eigenvalue weighted by Crippen LogP contribution is -2.05. The largest absolute Gasteiger partial charge is 0.466 e. The summed E-state index contributed by atoms with van der Waals surface area (Å²) in [6.45, 7) is 1.83. The van der Waals surface area contributed by atoms with Crippen LogP contribution in [-0.2, 0) is 4.74 Å². The van der Waals surface area contributed by atoms with E-state index < -0.39 is 0 Å². The lowest BCUT2D eigenvalue weighted by molar-refractivity contribution is 0.214. The van der Waals surface area contributed by atoms with Gasteiger partial charge in [0.2, 0.25) is 0 Å². The zero-order valence-corrected chi connectivity index (χ0v) is 8.75. The molecule has 2 aliphatic carbocycles. The SMILES string of the molecule is CC(O)C1=C(OC2=CCCC2)CCC1. The average Bonchev–Trinajstić information content (AvgIpc) is 2.75. The van der Waals surface area contributed by atoms with Gasteiger partial charge < -0.3 is 9.84 Å². The van der Waals surface area contributed by atoms with Gasteiger partial charge in [0.1, 0.15) is 5.76 Å². The highest BCUT2D eigenvalue weighted by atomic mass is 16.5. The fourth-order valence-electron chi connectivity index (χ4n) is 2.19. The van der Waals surface area contributed by atoms with Crippen molar-refractivity contribution in [3.05, 3.63) is 23.2 Å². The average molecular weight is 194 g/mol. The molecular weight excluding hydrogens is 176 g/mol. The van der Waals surface area contributed by atoms with Gasteiger partial charge in [-0.05, 0) is 44.3 Å². The molecule has 1 atom stereocenters. The van der Waals surface area contributed by atoms with Gasteiger partial charge in [0.15, 0.2) is 0 Å². The summed E-state index contributed by atoms with van der Waals surface area (Å²) in [5.41, 5.74) is 1.11. The molecule has 78 valence electrons. The Labute approximate surface area is 85.3 Å². The van der Waals surface area contributed by atoms with Gasteiger partial charge >= 0.3 is 0 Å². The van der Waals surface area contributed by atoms with E-state index in [2.05, 4.69) is 6.08 Å². The van der Waals surface area contributed by atoms with Gasteiger partial charge in [0.25, 0.3) is 0 Å². The molecule has 0 aromatic carbocycles. The maximum atomic E-state index is 9.54. The van der Waals surface area contributed by atoms with E-state index >= 15 is 0 Å². The lowest BCUT2D eigenvalue weighted by atomic mass is 10.1. The summed E-state index contributed by atoms with van der Waals surface area (Å²) in [5, 5.41) is 9.54. The Hall–Kier alpha value is -0.760. The molecule has 0 saturated heterocycles. The first-order valence-electron chi connectivity index (χ1n) is 5.54. The summed E-state index contributed by atoms with van der Waals surface area (Å²) >= 11 is 0. The van der Waals surface area contributed by atoms with Crippen molar-refractivity contribution >= 4 is 0 Å². The molecule has 0 bridgehead atoms. The second kappa shape index (κ2) is 4.18. The Morgan fingerprint density at radius 1 is 1.29 bits per heavy atom. The zero-order valence-electron chi connectivity index (χ0n) is 8.75. The molecule has 0 aromatic rings. The first kappa shape index (κ1) is 9.78. The molecule has 0 radical (unpaired) electrons. The van der Waals surface area contributed by atoms with Crippen molar-refractivity contribution < 1.29 is 9.84 Å². The van der Waals surface area contributed by atoms with Crippen molar-refractivity contribution in [2.45, 2.75) is 51.6 Å². The van der Waals surface area contributed by atoms with E-state index in [0.29, 0.717) is 0 Å². The van der Waals surface area contributed by atoms with E-state index in [9.17, 15) is 5.11 Å². The highest BCUT2D eigenvalue weighted by molar-refractivity contribution is 5.20. The molecule has 0 saturated carbocycles. The maximum Gasteiger partial charge on any atom is 0.105 e. The third-order valence-electron chi connectivity index (χ3n) is 2.97. The van der Waals surface area contributed by atoms with E-state index in [1.165, 1.54) is 6.42 Å². The number of aliphatic hydroxyl groups excluding tert-OH is 1. The number of allylic oxidation sites excluding steroid dienone is 3. The molecule has 2 aliphatic rings. The van der Waals surface area contributed by atoms with Crippen molar-refractivity contribution in [2.75, 3.05) is 0 Å². The zero-order chi connectivity index (χ0) is 9.97. The molecule has 0 heterocycles. The Kier molecular flexibility index (Phi) is 2.92. The molecule has 2 nitrogen and oxygen atoms in total. The topological polar surface area (TPSA) is 29.5 Å². The first-order valence-corrected chi connectivity index (χ1v) is 5.54. The number of hydrogen-bond donors (Lipinski definition) is 1. The molecule has 1 unspecified atom stereocenters. The van der Waals surface area contributed by atoms with Crippen LogP contribution < -0.4 is 0 Å². The van der Waals surface area contributed by atoms with Crippen LogP contribution in [0.25, 0.3) is 0 Å². The molecular formula is C12H18O2. The van der Waals surface area contributed by atoms with Gasteiger partial charge in [-0.3, -0.25) is 0 Å². The predicted molar refractivity (Wildman–Crippen MR) is 55.6 cm³/mol. The van der Waals surface area contributed by atoms with Crippen molar-refractivity contribution in [3.63, 3.8) is 0 Å². The van der Waals surface area contributed by atoms with E-state index in [-0.39, 0.29) is 6.10 Å². The van der Waals surface area contributed by atoms with Crippen molar-refractivity contribution in [3.8, 4) is 0 Å². The van der Waals surface area contributed by atoms with Crippen LogP contribution in [0.4, 0.5) is 0 Å². The summed E-state index contributed by atoms with van der Waals surface area (Å²) in [6.07, 6.45) is 8.39. The van der Waals surface area contributed by atoms with E-state index in [1.54, 1.807) is 0 Å². The first-order chi connectivity index (χ1) is 6.77. The van der Waals surface area contributed by atoms with Crippen LogP contribution in [0, 0.1) is 0 Å². The minimum Gasteiger partial charge on any atom is -0.466 e. The summed E-state index contributed by atoms with van der Waals surface area (Å²) in [5.74, 6) is 2.15. The Morgan fingerprint density at radius 2 is 2.14 bits per heavy atom. The van der Waals surface area contributed by atoms with Crippen LogP contribution in [0.15, 0.2) is 23.2 Å². The highest BCUT2D eigenvalue weighted by Gasteiger charge is 2.21. The molecule has 2 rings (SSSR count). The molecule has 0 aliphatic heterocycles. The molecule has 14 heavy (non-hydrogen) atoms. The van der Waals surface area contributed by atoms with Crippen molar-refractivity contribution in [1.82, 2.24) is 0 Å². The van der Waals surface area contributed by atoms with Crippen LogP contribution in [0.2, 0.25) is 0 Å². The molecule has 1 N–H and O–H groups in total. The Balaban J connectivity index is 2.04. The van der Waals surface area contributed by atoms with Crippen LogP contribution in [-0.4, -0.2) is 11.2 Å². The quantitative estimate of drug-likeness (QED) is 0.748. The number of aliphatic hydroxyl groups is 1. The van der Waals surface area contributed by atoms with Gasteiger partial charge in [-0.2, -0.15) is 0 Å². The Morgan fingerprint density at radius 3 is 2.79 bits per heavy atom. The predicted octanol–water partition coefficient (Wildman–Crippen LogP) is 2.89. The smallest absolute Gasteiger partial charge is 0.105 e. The van der Waals surface area contributed by atoms with E-state index in [1.807, 2.05) is 6.92 Å². The summed E-state index contributed by atoms with van der Waals surface area (Å²) in [7, 11) is 0. The minimum atomic E-state index is -0.338. The number of hydrogen-bond acceptors (Lipinski definition) is 2. The van der Waals surface area contributed by atoms with Crippen LogP contribution >= 0.6 is 0 Å². The maximum absolute atomic E-state index is 9.54. The molecule has 2 heteroatoms.